The van der Waals surface area contributed by atoms with Gasteiger partial charge in [-0.15, -0.1) is 0 Å². The van der Waals surface area contributed by atoms with Gasteiger partial charge < -0.3 is 26.0 Å². The molecule has 9 N–H and O–H groups in total. The topological polar surface area (TPSA) is 208 Å². The van der Waals surface area contributed by atoms with Gasteiger partial charge in [0.15, 0.2) is 12.0 Å². The maximum Gasteiger partial charge on any atom is 0.411 e. The minimum absolute atomic E-state index is 0.0103. The molecule has 0 aromatic heterocycles. The Balaban J connectivity index is 1.25. The Morgan fingerprint density at radius 3 is 2.59 bits per heavy atom. The van der Waals surface area contributed by atoms with Gasteiger partial charge in [-0.3, -0.25) is 26.0 Å². The van der Waals surface area contributed by atoms with Crippen molar-refractivity contribution >= 4 is 41.2 Å². The Hall–Kier alpha value is -4.17. The number of rotatable bonds is 4. The highest BCUT2D eigenvalue weighted by atomic mass is 16.5. The molecule has 3 amide bonds. The fourth-order valence-electron chi connectivity index (χ4n) is 4.80. The molecule has 1 saturated heterocycles. The summed E-state index contributed by atoms with van der Waals surface area (Å²) in [6, 6.07) is 4.55. The average molecular weight is 471 g/mol. The first kappa shape index (κ1) is 21.7. The van der Waals surface area contributed by atoms with Gasteiger partial charge in [0, 0.05) is 24.3 Å². The summed E-state index contributed by atoms with van der Waals surface area (Å²) in [7, 11) is 0. The van der Waals surface area contributed by atoms with Crippen molar-refractivity contribution < 1.29 is 33.9 Å². The third kappa shape index (κ3) is 3.14. The number of ether oxygens (including phenoxy) is 1. The lowest BCUT2D eigenvalue weighted by atomic mass is 9.87. The number of nitrogens with zero attached hydrogens (tertiary/aromatic N) is 3. The van der Waals surface area contributed by atoms with Crippen LogP contribution in [0, 0.1) is 0 Å². The maximum absolute atomic E-state index is 12.4. The zero-order valence-electron chi connectivity index (χ0n) is 17.8. The molecule has 0 saturated carbocycles. The number of amides is 3. The molecule has 1 spiro atoms. The Bertz CT molecular complexity index is 1160. The minimum Gasteiger partial charge on any atom is -0.446 e. The van der Waals surface area contributed by atoms with Crippen LogP contribution in [0.1, 0.15) is 6.42 Å². The van der Waals surface area contributed by atoms with Crippen molar-refractivity contribution in [2.75, 3.05) is 23.4 Å². The van der Waals surface area contributed by atoms with Crippen molar-refractivity contribution in [1.29, 1.82) is 0 Å². The molecule has 4 aliphatic heterocycles. The van der Waals surface area contributed by atoms with Crippen LogP contribution in [0.3, 0.4) is 0 Å². The van der Waals surface area contributed by atoms with Crippen molar-refractivity contribution in [1.82, 2.24) is 10.6 Å². The second-order valence-corrected chi connectivity index (χ2v) is 8.32. The van der Waals surface area contributed by atoms with Crippen molar-refractivity contribution in [2.45, 2.75) is 30.0 Å². The van der Waals surface area contributed by atoms with Gasteiger partial charge in [0.1, 0.15) is 12.6 Å². The second kappa shape index (κ2) is 7.43. The van der Waals surface area contributed by atoms with Gasteiger partial charge in [0.2, 0.25) is 11.4 Å². The predicted molar refractivity (Wildman–Crippen MR) is 117 cm³/mol. The number of hydrogen-bond donors (Lipinski definition) is 7. The van der Waals surface area contributed by atoms with E-state index in [2.05, 4.69) is 20.9 Å². The Morgan fingerprint density at radius 1 is 1.24 bits per heavy atom. The molecule has 5 rings (SSSR count). The number of imide groups is 1. The van der Waals surface area contributed by atoms with Crippen LogP contribution < -0.4 is 32.3 Å². The molecular formula is C20H23N8O6+. The fraction of sp³-hybridized carbons (Fsp3) is 0.350. The number of carbonyl (C=O) groups excluding carboxylic acids is 3. The van der Waals surface area contributed by atoms with Gasteiger partial charge in [0.05, 0.1) is 12.2 Å². The molecule has 14 heteroatoms. The van der Waals surface area contributed by atoms with Crippen LogP contribution in [0.4, 0.5) is 16.2 Å². The summed E-state index contributed by atoms with van der Waals surface area (Å²) >= 11 is 0. The number of nitrogens with one attached hydrogen (secondary N) is 3. The molecule has 1 fully saturated rings. The van der Waals surface area contributed by atoms with Crippen molar-refractivity contribution in [3.63, 3.8) is 0 Å². The Labute approximate surface area is 192 Å². The number of aliphatic hydroxyl groups is 2. The Kier molecular flexibility index (Phi) is 4.73. The predicted octanol–water partition coefficient (Wildman–Crippen LogP) is -2.97. The van der Waals surface area contributed by atoms with Gasteiger partial charge in [-0.25, -0.2) is 19.3 Å². The maximum atomic E-state index is 12.4. The Morgan fingerprint density at radius 2 is 1.91 bits per heavy atom. The van der Waals surface area contributed by atoms with Gasteiger partial charge >= 0.3 is 12.1 Å². The highest BCUT2D eigenvalue weighted by Gasteiger charge is 2.71. The molecule has 0 aliphatic carbocycles. The van der Waals surface area contributed by atoms with Crippen LogP contribution in [0.15, 0.2) is 41.4 Å². The standard InChI is InChI=1S/C20H22N8O6/c21-16-25-15-12(24-17(22)27-8-7-19(32,33)20(15,27)26-16)9-34-18(31)23-10-1-3-11(4-2-10)28-13(29)5-6-14(28)30/h1-6,12,15,32-33H,7-9H2,(H6,21,22,23,24,25,26,31)/p+1. The number of hydrogen-bond acceptors (Lipinski definition) is 11. The van der Waals surface area contributed by atoms with E-state index < -0.39 is 41.4 Å². The van der Waals surface area contributed by atoms with E-state index in [0.717, 1.165) is 4.90 Å². The quantitative estimate of drug-likeness (QED) is 0.135. The SMILES string of the molecule is NC1=NC2C(COC(=O)Nc3ccc(N4C(=O)C=CC4=O)cc3)NC(N)=[N+]3CCC(O)(O)C23N1. The van der Waals surface area contributed by atoms with E-state index in [1.807, 2.05) is 0 Å². The van der Waals surface area contributed by atoms with Gasteiger partial charge in [-0.1, -0.05) is 0 Å². The lowest BCUT2D eigenvalue weighted by Gasteiger charge is -2.42. The van der Waals surface area contributed by atoms with Gasteiger partial charge in [0.25, 0.3) is 11.8 Å². The molecule has 1 aromatic carbocycles. The second-order valence-electron chi connectivity index (χ2n) is 8.32. The summed E-state index contributed by atoms with van der Waals surface area (Å²) in [5.41, 5.74) is 11.2. The van der Waals surface area contributed by atoms with Gasteiger partial charge in [-0.05, 0) is 24.3 Å². The zero-order valence-corrected chi connectivity index (χ0v) is 17.8. The molecule has 0 radical (unpaired) electrons. The number of guanidine groups is 2. The van der Waals surface area contributed by atoms with E-state index in [0.29, 0.717) is 11.4 Å². The third-order valence-corrected chi connectivity index (χ3v) is 6.33. The number of benzene rings is 1. The summed E-state index contributed by atoms with van der Waals surface area (Å²) in [5, 5.41) is 29.7. The van der Waals surface area contributed by atoms with E-state index >= 15 is 0 Å². The lowest BCUT2D eigenvalue weighted by Crippen LogP contribution is -2.77. The highest BCUT2D eigenvalue weighted by molar-refractivity contribution is 6.28. The van der Waals surface area contributed by atoms with Crippen molar-refractivity contribution in [3.8, 4) is 0 Å². The van der Waals surface area contributed by atoms with E-state index in [9.17, 15) is 24.6 Å². The fourth-order valence-corrected chi connectivity index (χ4v) is 4.80. The summed E-state index contributed by atoms with van der Waals surface area (Å²) < 4.78 is 6.89. The molecule has 4 heterocycles. The molecule has 1 aromatic rings. The smallest absolute Gasteiger partial charge is 0.411 e. The number of nitrogens with two attached hydrogens (primary N) is 2. The monoisotopic (exact) mass is 471 g/mol. The van der Waals surface area contributed by atoms with Crippen LogP contribution in [0.5, 0.6) is 0 Å². The first-order chi connectivity index (χ1) is 16.1. The third-order valence-electron chi connectivity index (χ3n) is 6.33. The first-order valence-electron chi connectivity index (χ1n) is 10.5. The molecule has 34 heavy (non-hydrogen) atoms. The summed E-state index contributed by atoms with van der Waals surface area (Å²) in [6.45, 7) is 0.0503. The van der Waals surface area contributed by atoms with Crippen molar-refractivity contribution in [2.24, 2.45) is 16.5 Å². The summed E-state index contributed by atoms with van der Waals surface area (Å²) in [4.78, 5) is 41.2. The lowest BCUT2D eigenvalue weighted by molar-refractivity contribution is -0.623. The largest absolute Gasteiger partial charge is 0.446 e. The van der Waals surface area contributed by atoms with Crippen LogP contribution in [0.25, 0.3) is 0 Å². The molecule has 14 nitrogen and oxygen atoms in total. The summed E-state index contributed by atoms with van der Waals surface area (Å²) in [5.74, 6) is -2.88. The van der Waals surface area contributed by atoms with E-state index in [4.69, 9.17) is 16.2 Å². The van der Waals surface area contributed by atoms with Crippen LogP contribution in [-0.2, 0) is 14.3 Å². The average Bonchev–Trinajstić information content (AvgIpc) is 3.40. The first-order valence-corrected chi connectivity index (χ1v) is 10.5. The molecule has 0 bridgehead atoms. The molecular weight excluding hydrogens is 448 g/mol. The van der Waals surface area contributed by atoms with E-state index in [1.54, 1.807) is 4.58 Å². The number of anilines is 2. The van der Waals surface area contributed by atoms with Crippen LogP contribution in [-0.4, -0.2) is 81.3 Å². The molecule has 3 unspecified atom stereocenters. The molecule has 3 atom stereocenters. The van der Waals surface area contributed by atoms with Crippen molar-refractivity contribution in [3.05, 3.63) is 36.4 Å². The molecule has 4 aliphatic rings. The number of carbonyl (C=O) groups is 3. The van der Waals surface area contributed by atoms with Crippen LogP contribution >= 0.6 is 0 Å². The zero-order chi connectivity index (χ0) is 24.3. The normalized spacial score (nSPS) is 28.8. The minimum atomic E-state index is -2.18. The van der Waals surface area contributed by atoms with Crippen LogP contribution in [0.2, 0.25) is 0 Å². The number of aliphatic imine (C=N–C) groups is 1. The van der Waals surface area contributed by atoms with Gasteiger partial charge in [-0.2, -0.15) is 0 Å². The van der Waals surface area contributed by atoms with E-state index in [-0.39, 0.29) is 31.5 Å². The summed E-state index contributed by atoms with van der Waals surface area (Å²) in [6.07, 6.45) is 1.59. The van der Waals surface area contributed by atoms with E-state index in [1.165, 1.54) is 36.4 Å². The highest BCUT2D eigenvalue weighted by Crippen LogP contribution is 2.41. The molecule has 178 valence electrons.